The fraction of sp³-hybridized carbons (Fsp3) is 0.190. The lowest BCUT2D eigenvalue weighted by atomic mass is 10.1. The quantitative estimate of drug-likeness (QED) is 0.557. The Morgan fingerprint density at radius 2 is 2.03 bits per heavy atom. The summed E-state index contributed by atoms with van der Waals surface area (Å²) in [6.45, 7) is 1.70. The van der Waals surface area contributed by atoms with Crippen LogP contribution in [0.15, 0.2) is 52.5 Å². The van der Waals surface area contributed by atoms with Crippen molar-refractivity contribution < 1.29 is 23.5 Å². The van der Waals surface area contributed by atoms with E-state index in [4.69, 9.17) is 19.2 Å². The van der Waals surface area contributed by atoms with E-state index < -0.39 is 11.9 Å². The van der Waals surface area contributed by atoms with Crippen LogP contribution in [-0.2, 0) is 16.0 Å². The zero-order valence-corrected chi connectivity index (χ0v) is 16.5. The number of nitrogens with one attached hydrogen (secondary N) is 1. The van der Waals surface area contributed by atoms with Crippen molar-refractivity contribution in [3.8, 4) is 23.1 Å². The van der Waals surface area contributed by atoms with Gasteiger partial charge in [0, 0.05) is 10.9 Å². The first-order valence-electron chi connectivity index (χ1n) is 8.83. The van der Waals surface area contributed by atoms with Gasteiger partial charge >= 0.3 is 5.97 Å². The molecule has 2 heterocycles. The molecule has 3 aromatic rings. The van der Waals surface area contributed by atoms with Crippen LogP contribution in [-0.4, -0.2) is 25.1 Å². The Hall–Kier alpha value is -3.57. The van der Waals surface area contributed by atoms with Crippen LogP contribution in [0.25, 0.3) is 11.3 Å². The normalized spacial score (nSPS) is 10.2. The second-order valence-electron chi connectivity index (χ2n) is 5.87. The highest BCUT2D eigenvalue weighted by Gasteiger charge is 2.24. The molecule has 0 atom stereocenters. The molecular formula is C21H18N2O5S. The lowest BCUT2D eigenvalue weighted by molar-refractivity contribution is -0.118. The molecule has 0 radical (unpaired) electrons. The molecule has 0 saturated heterocycles. The van der Waals surface area contributed by atoms with E-state index in [1.165, 1.54) is 17.6 Å². The van der Waals surface area contributed by atoms with Gasteiger partial charge in [-0.15, -0.1) is 11.3 Å². The number of benzene rings is 1. The third-order valence-electron chi connectivity index (χ3n) is 3.89. The maximum atomic E-state index is 12.4. The second-order valence-corrected chi connectivity index (χ2v) is 6.75. The predicted molar refractivity (Wildman–Crippen MR) is 108 cm³/mol. The molecule has 8 heteroatoms. The number of hydrogen-bond donors (Lipinski definition) is 1. The molecule has 0 aliphatic heterocycles. The van der Waals surface area contributed by atoms with Crippen LogP contribution in [0.3, 0.4) is 0 Å². The Labute approximate surface area is 171 Å². The van der Waals surface area contributed by atoms with Gasteiger partial charge in [-0.3, -0.25) is 4.79 Å². The van der Waals surface area contributed by atoms with Crippen molar-refractivity contribution in [1.82, 2.24) is 0 Å². The van der Waals surface area contributed by atoms with Gasteiger partial charge in [-0.2, -0.15) is 5.26 Å². The largest absolute Gasteiger partial charge is 0.484 e. The maximum Gasteiger partial charge on any atom is 0.341 e. The van der Waals surface area contributed by atoms with Gasteiger partial charge in [-0.05, 0) is 36.8 Å². The van der Waals surface area contributed by atoms with Crippen molar-refractivity contribution in [1.29, 1.82) is 5.26 Å². The number of esters is 1. The number of nitriles is 1. The van der Waals surface area contributed by atoms with Gasteiger partial charge in [0.25, 0.3) is 5.91 Å². The Kier molecular flexibility index (Phi) is 6.66. The second kappa shape index (κ2) is 9.57. The van der Waals surface area contributed by atoms with Gasteiger partial charge in [-0.25, -0.2) is 4.79 Å². The fourth-order valence-electron chi connectivity index (χ4n) is 2.58. The van der Waals surface area contributed by atoms with Gasteiger partial charge in [0.1, 0.15) is 22.1 Å². The monoisotopic (exact) mass is 410 g/mol. The third-order valence-corrected chi connectivity index (χ3v) is 4.78. The van der Waals surface area contributed by atoms with Crippen molar-refractivity contribution in [3.05, 3.63) is 59.2 Å². The van der Waals surface area contributed by atoms with Crippen LogP contribution < -0.4 is 10.1 Å². The van der Waals surface area contributed by atoms with Gasteiger partial charge in [0.15, 0.2) is 6.61 Å². The van der Waals surface area contributed by atoms with E-state index in [1.807, 2.05) is 0 Å². The average Bonchev–Trinajstić information content (AvgIpc) is 3.37. The summed E-state index contributed by atoms with van der Waals surface area (Å²) < 4.78 is 16.0. The number of anilines is 1. The minimum atomic E-state index is -0.538. The maximum absolute atomic E-state index is 12.4. The van der Waals surface area contributed by atoms with E-state index in [2.05, 4.69) is 11.4 Å². The van der Waals surface area contributed by atoms with Crippen LogP contribution in [0.2, 0.25) is 0 Å². The van der Waals surface area contributed by atoms with Crippen molar-refractivity contribution in [2.75, 3.05) is 18.5 Å². The summed E-state index contributed by atoms with van der Waals surface area (Å²) >= 11 is 1.21. The van der Waals surface area contributed by atoms with E-state index in [0.717, 1.165) is 5.56 Å². The molecule has 0 saturated carbocycles. The zero-order chi connectivity index (χ0) is 20.6. The van der Waals surface area contributed by atoms with E-state index in [1.54, 1.807) is 48.7 Å². The summed E-state index contributed by atoms with van der Waals surface area (Å²) in [7, 11) is 0. The molecule has 0 fully saturated rings. The highest BCUT2D eigenvalue weighted by atomic mass is 32.1. The van der Waals surface area contributed by atoms with Crippen LogP contribution in [0.1, 0.15) is 22.8 Å². The van der Waals surface area contributed by atoms with Crippen LogP contribution in [0.5, 0.6) is 5.75 Å². The number of carbonyl (C=O) groups is 2. The Morgan fingerprint density at radius 3 is 2.69 bits per heavy atom. The van der Waals surface area contributed by atoms with Crippen LogP contribution >= 0.6 is 11.3 Å². The number of rotatable bonds is 8. The first-order valence-corrected chi connectivity index (χ1v) is 9.71. The molecule has 0 aliphatic rings. The molecule has 1 N–H and O–H groups in total. The SMILES string of the molecule is CCOC(=O)c1c(-c2ccco2)csc1NC(=O)COc1ccc(CC#N)cc1. The first-order chi connectivity index (χ1) is 14.1. The number of amides is 1. The zero-order valence-electron chi connectivity index (χ0n) is 15.6. The predicted octanol–water partition coefficient (Wildman–Crippen LogP) is 4.27. The highest BCUT2D eigenvalue weighted by Crippen LogP contribution is 2.36. The Balaban J connectivity index is 1.69. The molecule has 3 rings (SSSR count). The number of furan rings is 1. The molecule has 1 aromatic carbocycles. The summed E-state index contributed by atoms with van der Waals surface area (Å²) in [4.78, 5) is 24.8. The topological polar surface area (TPSA) is 102 Å². The average molecular weight is 410 g/mol. The Bertz CT molecular complexity index is 1020. The third kappa shape index (κ3) is 5.03. The molecule has 0 unspecified atom stereocenters. The first kappa shape index (κ1) is 20.2. The molecular weight excluding hydrogens is 392 g/mol. The summed E-state index contributed by atoms with van der Waals surface area (Å²) in [5.74, 6) is 0.0716. The van der Waals surface area contributed by atoms with Gasteiger partial charge in [0.05, 0.1) is 25.4 Å². The standard InChI is InChI=1S/C21H18N2O5S/c1-2-26-21(25)19-16(17-4-3-11-27-17)13-29-20(19)23-18(24)12-28-15-7-5-14(6-8-15)9-10-22/h3-8,11,13H,2,9,12H2,1H3,(H,23,24). The van der Waals surface area contributed by atoms with Gasteiger partial charge < -0.3 is 19.2 Å². The number of ether oxygens (including phenoxy) is 2. The van der Waals surface area contributed by atoms with E-state index in [0.29, 0.717) is 28.5 Å². The lowest BCUT2D eigenvalue weighted by Crippen LogP contribution is -2.21. The molecule has 0 spiro atoms. The number of hydrogen-bond acceptors (Lipinski definition) is 7. The van der Waals surface area contributed by atoms with Gasteiger partial charge in [-0.1, -0.05) is 12.1 Å². The van der Waals surface area contributed by atoms with Crippen molar-refractivity contribution >= 4 is 28.2 Å². The number of carbonyl (C=O) groups excluding carboxylic acids is 2. The summed E-state index contributed by atoms with van der Waals surface area (Å²) in [6, 6.07) is 12.5. The summed E-state index contributed by atoms with van der Waals surface area (Å²) in [6.07, 6.45) is 1.82. The molecule has 0 bridgehead atoms. The molecule has 29 heavy (non-hydrogen) atoms. The number of thiophene rings is 1. The van der Waals surface area contributed by atoms with Crippen LogP contribution in [0, 0.1) is 11.3 Å². The van der Waals surface area contributed by atoms with E-state index in [9.17, 15) is 9.59 Å². The molecule has 7 nitrogen and oxygen atoms in total. The fourth-order valence-corrected chi connectivity index (χ4v) is 3.53. The summed E-state index contributed by atoms with van der Waals surface area (Å²) in [5, 5.41) is 13.5. The number of nitrogens with zero attached hydrogens (tertiary/aromatic N) is 1. The van der Waals surface area contributed by atoms with Crippen LogP contribution in [0.4, 0.5) is 5.00 Å². The molecule has 1 amide bonds. The van der Waals surface area contributed by atoms with Crippen molar-refractivity contribution in [2.45, 2.75) is 13.3 Å². The molecule has 0 aliphatic carbocycles. The van der Waals surface area contributed by atoms with E-state index in [-0.39, 0.29) is 18.8 Å². The van der Waals surface area contributed by atoms with Crippen molar-refractivity contribution in [2.24, 2.45) is 0 Å². The van der Waals surface area contributed by atoms with Crippen molar-refractivity contribution in [3.63, 3.8) is 0 Å². The minimum absolute atomic E-state index is 0.213. The van der Waals surface area contributed by atoms with E-state index >= 15 is 0 Å². The van der Waals surface area contributed by atoms with Gasteiger partial charge in [0.2, 0.25) is 0 Å². The smallest absolute Gasteiger partial charge is 0.341 e. The Morgan fingerprint density at radius 1 is 1.24 bits per heavy atom. The summed E-state index contributed by atoms with van der Waals surface area (Å²) in [5.41, 5.74) is 1.68. The molecule has 2 aromatic heterocycles. The minimum Gasteiger partial charge on any atom is -0.484 e. The highest BCUT2D eigenvalue weighted by molar-refractivity contribution is 7.15. The lowest BCUT2D eigenvalue weighted by Gasteiger charge is -2.09. The molecule has 148 valence electrons.